The van der Waals surface area contributed by atoms with Crippen LogP contribution < -0.4 is 21.3 Å². The number of aryl methyl sites for hydroxylation is 2. The van der Waals surface area contributed by atoms with Gasteiger partial charge < -0.3 is 21.3 Å². The predicted octanol–water partition coefficient (Wildman–Crippen LogP) is 13.3. The fourth-order valence-corrected chi connectivity index (χ4v) is 6.34. The van der Waals surface area contributed by atoms with Crippen LogP contribution in [0.4, 0.5) is 21.0 Å². The van der Waals surface area contributed by atoms with Gasteiger partial charge in [0.2, 0.25) is 0 Å². The number of rotatable bonds is 24. The van der Waals surface area contributed by atoms with Crippen LogP contribution >= 0.6 is 0 Å². The second kappa shape index (κ2) is 28.7. The lowest BCUT2D eigenvalue weighted by atomic mass is 9.93. The first kappa shape index (κ1) is 45.0. The van der Waals surface area contributed by atoms with Gasteiger partial charge in [0.15, 0.2) is 0 Å². The molecule has 4 N–H and O–H groups in total. The molecule has 50 heavy (non-hydrogen) atoms. The minimum absolute atomic E-state index is 0.0754. The molecule has 2 aromatic rings. The highest BCUT2D eigenvalue weighted by atomic mass is 16.2. The summed E-state index contributed by atoms with van der Waals surface area (Å²) in [6.45, 7) is 18.9. The quantitative estimate of drug-likeness (QED) is 0.0826. The molecular weight excluding hydrogens is 617 g/mol. The fourth-order valence-electron chi connectivity index (χ4n) is 6.34. The molecule has 6 nitrogen and oxygen atoms in total. The Morgan fingerprint density at radius 3 is 1.18 bits per heavy atom. The maximum absolute atomic E-state index is 12.3. The van der Waals surface area contributed by atoms with E-state index in [4.69, 9.17) is 0 Å². The SMILES string of the molecule is CCCCCCCCCCNC(=O)Nc1c(C(C)C)cccc1C(C)C.CCCCCCCCCCNC(=O)Nc1c(CC)cccc1CC. The maximum atomic E-state index is 12.3. The highest BCUT2D eigenvalue weighted by Gasteiger charge is 2.15. The Morgan fingerprint density at radius 1 is 0.480 bits per heavy atom. The molecule has 0 saturated heterocycles. The van der Waals surface area contributed by atoms with E-state index in [9.17, 15) is 9.59 Å². The van der Waals surface area contributed by atoms with Crippen LogP contribution in [0.2, 0.25) is 0 Å². The molecular formula is C44H76N4O2. The van der Waals surface area contributed by atoms with Gasteiger partial charge in [0, 0.05) is 24.5 Å². The summed E-state index contributed by atoms with van der Waals surface area (Å²) in [7, 11) is 0. The Kier molecular flexibility index (Phi) is 25.8. The van der Waals surface area contributed by atoms with Gasteiger partial charge in [-0.05, 0) is 59.8 Å². The van der Waals surface area contributed by atoms with Crippen molar-refractivity contribution < 1.29 is 9.59 Å². The van der Waals surface area contributed by atoms with E-state index in [1.54, 1.807) is 0 Å². The van der Waals surface area contributed by atoms with Crippen molar-refractivity contribution in [3.63, 3.8) is 0 Å². The van der Waals surface area contributed by atoms with E-state index in [1.807, 2.05) is 0 Å². The second-order valence-electron chi connectivity index (χ2n) is 14.5. The van der Waals surface area contributed by atoms with E-state index in [0.29, 0.717) is 11.8 Å². The Bertz CT molecular complexity index is 1130. The lowest BCUT2D eigenvalue weighted by Gasteiger charge is -2.20. The van der Waals surface area contributed by atoms with Crippen molar-refractivity contribution in [1.29, 1.82) is 0 Å². The third-order valence-corrected chi connectivity index (χ3v) is 9.48. The zero-order chi connectivity index (χ0) is 37.0. The van der Waals surface area contributed by atoms with Crippen LogP contribution in [0.5, 0.6) is 0 Å². The van der Waals surface area contributed by atoms with E-state index < -0.39 is 0 Å². The predicted molar refractivity (Wildman–Crippen MR) is 219 cm³/mol. The molecule has 0 aromatic heterocycles. The van der Waals surface area contributed by atoms with Gasteiger partial charge in [-0.1, -0.05) is 182 Å². The first-order valence-electron chi connectivity index (χ1n) is 20.5. The molecule has 0 saturated carbocycles. The van der Waals surface area contributed by atoms with Gasteiger partial charge in [-0.25, -0.2) is 9.59 Å². The molecule has 4 amide bonds. The van der Waals surface area contributed by atoms with Crippen LogP contribution in [-0.4, -0.2) is 25.2 Å². The molecule has 2 rings (SSSR count). The van der Waals surface area contributed by atoms with Crippen molar-refractivity contribution in [3.05, 3.63) is 58.7 Å². The summed E-state index contributed by atoms with van der Waals surface area (Å²) in [6.07, 6.45) is 22.4. The Labute approximate surface area is 308 Å². The first-order chi connectivity index (χ1) is 24.2. The number of amides is 4. The molecule has 6 heteroatoms. The lowest BCUT2D eigenvalue weighted by Crippen LogP contribution is -2.30. The highest BCUT2D eigenvalue weighted by molar-refractivity contribution is 5.92. The number of hydrogen-bond acceptors (Lipinski definition) is 2. The van der Waals surface area contributed by atoms with Crippen molar-refractivity contribution in [2.75, 3.05) is 23.7 Å². The van der Waals surface area contributed by atoms with Gasteiger partial charge in [-0.2, -0.15) is 0 Å². The molecule has 284 valence electrons. The molecule has 0 bridgehead atoms. The molecule has 0 aliphatic rings. The number of unbranched alkanes of at least 4 members (excludes halogenated alkanes) is 14. The topological polar surface area (TPSA) is 82.3 Å². The number of carbonyl (C=O) groups excluding carboxylic acids is 2. The number of anilines is 2. The van der Waals surface area contributed by atoms with Crippen molar-refractivity contribution in [1.82, 2.24) is 10.6 Å². The van der Waals surface area contributed by atoms with Crippen LogP contribution in [-0.2, 0) is 12.8 Å². The first-order valence-corrected chi connectivity index (χ1v) is 20.5. The summed E-state index contributed by atoms with van der Waals surface area (Å²) in [6, 6.07) is 12.4. The van der Waals surface area contributed by atoms with Crippen molar-refractivity contribution in [3.8, 4) is 0 Å². The number of urea groups is 2. The number of benzene rings is 2. The van der Waals surface area contributed by atoms with Crippen LogP contribution in [0.3, 0.4) is 0 Å². The van der Waals surface area contributed by atoms with E-state index in [1.165, 1.54) is 112 Å². The largest absolute Gasteiger partial charge is 0.338 e. The summed E-state index contributed by atoms with van der Waals surface area (Å²) < 4.78 is 0. The third kappa shape index (κ3) is 19.4. The van der Waals surface area contributed by atoms with E-state index in [0.717, 1.165) is 50.1 Å². The molecule has 0 radical (unpaired) electrons. The minimum Gasteiger partial charge on any atom is -0.338 e. The average Bonchev–Trinajstić information content (AvgIpc) is 3.10. The zero-order valence-corrected chi connectivity index (χ0v) is 33.6. The fraction of sp³-hybridized carbons (Fsp3) is 0.682. The van der Waals surface area contributed by atoms with Crippen LogP contribution in [0.25, 0.3) is 0 Å². The average molecular weight is 693 g/mol. The van der Waals surface area contributed by atoms with Gasteiger partial charge in [-0.15, -0.1) is 0 Å². The molecule has 0 atom stereocenters. The summed E-state index contributed by atoms with van der Waals surface area (Å²) in [5.41, 5.74) is 6.81. The van der Waals surface area contributed by atoms with Crippen molar-refractivity contribution in [2.45, 2.75) is 183 Å². The van der Waals surface area contributed by atoms with Gasteiger partial charge in [-0.3, -0.25) is 0 Å². The van der Waals surface area contributed by atoms with Crippen molar-refractivity contribution >= 4 is 23.4 Å². The molecule has 0 heterocycles. The number of nitrogens with one attached hydrogen (secondary N) is 4. The third-order valence-electron chi connectivity index (χ3n) is 9.48. The smallest absolute Gasteiger partial charge is 0.319 e. The molecule has 0 unspecified atom stereocenters. The second-order valence-corrected chi connectivity index (χ2v) is 14.5. The zero-order valence-electron chi connectivity index (χ0n) is 33.6. The van der Waals surface area contributed by atoms with Gasteiger partial charge in [0.1, 0.15) is 0 Å². The summed E-state index contributed by atoms with van der Waals surface area (Å²) in [4.78, 5) is 24.5. The van der Waals surface area contributed by atoms with E-state index in [-0.39, 0.29) is 12.1 Å². The Morgan fingerprint density at radius 2 is 0.820 bits per heavy atom. The van der Waals surface area contributed by atoms with Crippen LogP contribution in [0.15, 0.2) is 36.4 Å². The number of carbonyl (C=O) groups is 2. The van der Waals surface area contributed by atoms with E-state index >= 15 is 0 Å². The van der Waals surface area contributed by atoms with Gasteiger partial charge in [0.25, 0.3) is 0 Å². The Hall–Kier alpha value is -3.02. The summed E-state index contributed by atoms with van der Waals surface area (Å²) in [5, 5.41) is 12.2. The standard InChI is InChI=1S/C23H40N2O.C21H36N2O/c1-6-7-8-9-10-11-12-13-17-24-23(26)25-22-20(18(2)3)15-14-16-21(22)19(4)5;1-4-7-8-9-10-11-12-13-17-22-21(24)23-20-18(5-2)15-14-16-19(20)6-3/h14-16,18-19H,6-13,17H2,1-5H3,(H2,24,25,26);14-16H,4-13,17H2,1-3H3,(H2,22,23,24). The van der Waals surface area contributed by atoms with E-state index in [2.05, 4.69) is 113 Å². The normalized spacial score (nSPS) is 10.9. The minimum atomic E-state index is -0.0806. The van der Waals surface area contributed by atoms with Gasteiger partial charge in [0.05, 0.1) is 0 Å². The lowest BCUT2D eigenvalue weighted by molar-refractivity contribution is 0.251. The number of hydrogen-bond donors (Lipinski definition) is 4. The Balaban J connectivity index is 0.000000502. The highest BCUT2D eigenvalue weighted by Crippen LogP contribution is 2.32. The molecule has 0 aliphatic heterocycles. The van der Waals surface area contributed by atoms with Crippen LogP contribution in [0, 0.1) is 0 Å². The van der Waals surface area contributed by atoms with Crippen molar-refractivity contribution in [2.24, 2.45) is 0 Å². The monoisotopic (exact) mass is 693 g/mol. The molecule has 0 aliphatic carbocycles. The molecule has 0 spiro atoms. The summed E-state index contributed by atoms with van der Waals surface area (Å²) >= 11 is 0. The molecule has 0 fully saturated rings. The van der Waals surface area contributed by atoms with Gasteiger partial charge >= 0.3 is 12.1 Å². The molecule has 2 aromatic carbocycles. The number of para-hydroxylation sites is 2. The maximum Gasteiger partial charge on any atom is 0.319 e. The van der Waals surface area contributed by atoms with Crippen LogP contribution in [0.1, 0.15) is 192 Å². The summed E-state index contributed by atoms with van der Waals surface area (Å²) in [5.74, 6) is 0.772.